The predicted octanol–water partition coefficient (Wildman–Crippen LogP) is 3.77. The first-order chi connectivity index (χ1) is 10.2. The second-order valence-corrected chi connectivity index (χ2v) is 7.30. The predicted molar refractivity (Wildman–Crippen MR) is 89.4 cm³/mol. The van der Waals surface area contributed by atoms with E-state index in [-0.39, 0.29) is 5.54 Å². The van der Waals surface area contributed by atoms with Crippen molar-refractivity contribution in [1.29, 1.82) is 0 Å². The number of nitrogens with zero attached hydrogens (tertiary/aromatic N) is 1. The Bertz CT molecular complexity index is 444. The molecule has 2 saturated carbocycles. The summed E-state index contributed by atoms with van der Waals surface area (Å²) in [6.45, 7) is 3.21. The van der Waals surface area contributed by atoms with E-state index in [1.807, 2.05) is 0 Å². The van der Waals surface area contributed by atoms with Gasteiger partial charge in [0.15, 0.2) is 0 Å². The van der Waals surface area contributed by atoms with Crippen LogP contribution in [0.15, 0.2) is 30.3 Å². The zero-order valence-corrected chi connectivity index (χ0v) is 13.6. The Morgan fingerprint density at radius 2 is 1.76 bits per heavy atom. The lowest BCUT2D eigenvalue weighted by atomic mass is 9.73. The summed E-state index contributed by atoms with van der Waals surface area (Å²) in [5, 5.41) is 0. The fourth-order valence-electron chi connectivity index (χ4n) is 4.24. The Morgan fingerprint density at radius 3 is 2.29 bits per heavy atom. The lowest BCUT2D eigenvalue weighted by Crippen LogP contribution is -2.57. The quantitative estimate of drug-likeness (QED) is 0.892. The van der Waals surface area contributed by atoms with E-state index >= 15 is 0 Å². The van der Waals surface area contributed by atoms with Crippen LogP contribution in [-0.4, -0.2) is 30.1 Å². The lowest BCUT2D eigenvalue weighted by Gasteiger charge is -2.48. The maximum absolute atomic E-state index is 6.24. The van der Waals surface area contributed by atoms with Gasteiger partial charge >= 0.3 is 0 Å². The smallest absolute Gasteiger partial charge is 0.0332 e. The zero-order chi connectivity index (χ0) is 14.9. The standard InChI is InChI=1S/C19H30N2/c1-15(16-8-9-16)21(2)19(14-20)12-10-18(11-13-19)17-6-4-3-5-7-17/h3-7,15-16,18H,8-14,20H2,1-2H3. The molecule has 2 nitrogen and oxygen atoms in total. The minimum Gasteiger partial charge on any atom is -0.329 e. The van der Waals surface area contributed by atoms with Crippen molar-refractivity contribution in [3.63, 3.8) is 0 Å². The summed E-state index contributed by atoms with van der Waals surface area (Å²) in [7, 11) is 2.32. The Kier molecular flexibility index (Phi) is 4.37. The third kappa shape index (κ3) is 3.02. The van der Waals surface area contributed by atoms with Gasteiger partial charge in [0.1, 0.15) is 0 Å². The first kappa shape index (κ1) is 15.1. The van der Waals surface area contributed by atoms with Crippen molar-refractivity contribution >= 4 is 0 Å². The molecule has 2 heteroatoms. The summed E-state index contributed by atoms with van der Waals surface area (Å²) in [6.07, 6.45) is 7.89. The molecule has 0 aliphatic heterocycles. The van der Waals surface area contributed by atoms with E-state index in [0.717, 1.165) is 18.4 Å². The largest absolute Gasteiger partial charge is 0.329 e. The number of hydrogen-bond acceptors (Lipinski definition) is 2. The van der Waals surface area contributed by atoms with Gasteiger partial charge in [0, 0.05) is 18.1 Å². The summed E-state index contributed by atoms with van der Waals surface area (Å²) < 4.78 is 0. The number of benzene rings is 1. The van der Waals surface area contributed by atoms with Crippen LogP contribution in [0.2, 0.25) is 0 Å². The molecule has 0 aromatic heterocycles. The van der Waals surface area contributed by atoms with E-state index in [2.05, 4.69) is 49.2 Å². The highest BCUT2D eigenvalue weighted by molar-refractivity contribution is 5.21. The molecular formula is C19H30N2. The Balaban J connectivity index is 1.66. The van der Waals surface area contributed by atoms with Gasteiger partial charge in [-0.25, -0.2) is 0 Å². The normalized spacial score (nSPS) is 31.3. The molecule has 21 heavy (non-hydrogen) atoms. The molecule has 2 N–H and O–H groups in total. The maximum atomic E-state index is 6.24. The highest BCUT2D eigenvalue weighted by atomic mass is 15.2. The lowest BCUT2D eigenvalue weighted by molar-refractivity contribution is 0.0368. The molecule has 0 heterocycles. The Hall–Kier alpha value is -0.860. The maximum Gasteiger partial charge on any atom is 0.0332 e. The van der Waals surface area contributed by atoms with Crippen molar-refractivity contribution < 1.29 is 0 Å². The summed E-state index contributed by atoms with van der Waals surface area (Å²) in [5.74, 6) is 1.65. The van der Waals surface area contributed by atoms with Crippen LogP contribution in [0.4, 0.5) is 0 Å². The molecule has 0 amide bonds. The average molecular weight is 286 g/mol. The van der Waals surface area contributed by atoms with Crippen LogP contribution in [0.3, 0.4) is 0 Å². The van der Waals surface area contributed by atoms with E-state index in [1.165, 1.54) is 44.1 Å². The molecule has 2 aliphatic carbocycles. The fraction of sp³-hybridized carbons (Fsp3) is 0.684. The van der Waals surface area contributed by atoms with Crippen molar-refractivity contribution in [3.8, 4) is 0 Å². The topological polar surface area (TPSA) is 29.3 Å². The van der Waals surface area contributed by atoms with Gasteiger partial charge in [0.05, 0.1) is 0 Å². The van der Waals surface area contributed by atoms with Crippen LogP contribution in [0.1, 0.15) is 56.9 Å². The zero-order valence-electron chi connectivity index (χ0n) is 13.6. The van der Waals surface area contributed by atoms with Crippen molar-refractivity contribution in [2.75, 3.05) is 13.6 Å². The molecule has 3 rings (SSSR count). The first-order valence-corrected chi connectivity index (χ1v) is 8.64. The van der Waals surface area contributed by atoms with Crippen LogP contribution >= 0.6 is 0 Å². The fourth-order valence-corrected chi connectivity index (χ4v) is 4.24. The van der Waals surface area contributed by atoms with Gasteiger partial charge < -0.3 is 5.73 Å². The van der Waals surface area contributed by atoms with Gasteiger partial charge in [-0.15, -0.1) is 0 Å². The highest BCUT2D eigenvalue weighted by Crippen LogP contribution is 2.44. The summed E-state index contributed by atoms with van der Waals surface area (Å²) in [6, 6.07) is 11.7. The van der Waals surface area contributed by atoms with E-state index in [1.54, 1.807) is 0 Å². The summed E-state index contributed by atoms with van der Waals surface area (Å²) in [4.78, 5) is 2.63. The third-order valence-corrected chi connectivity index (χ3v) is 6.23. The molecular weight excluding hydrogens is 256 g/mol. The van der Waals surface area contributed by atoms with Crippen molar-refractivity contribution in [2.24, 2.45) is 11.7 Å². The van der Waals surface area contributed by atoms with Crippen LogP contribution in [0, 0.1) is 5.92 Å². The van der Waals surface area contributed by atoms with Crippen molar-refractivity contribution in [1.82, 2.24) is 4.90 Å². The van der Waals surface area contributed by atoms with Gasteiger partial charge in [-0.1, -0.05) is 30.3 Å². The van der Waals surface area contributed by atoms with Gasteiger partial charge in [-0.3, -0.25) is 4.90 Å². The Labute approximate surface area is 129 Å². The number of hydrogen-bond donors (Lipinski definition) is 1. The second kappa shape index (κ2) is 6.10. The second-order valence-electron chi connectivity index (χ2n) is 7.30. The van der Waals surface area contributed by atoms with Crippen molar-refractivity contribution in [3.05, 3.63) is 35.9 Å². The van der Waals surface area contributed by atoms with Gasteiger partial charge in [-0.05, 0) is 69.9 Å². The molecule has 0 spiro atoms. The minimum absolute atomic E-state index is 0.243. The molecule has 1 atom stereocenters. The number of rotatable bonds is 5. The molecule has 1 unspecified atom stereocenters. The molecule has 0 radical (unpaired) electrons. The SMILES string of the molecule is CC(C1CC1)N(C)C1(CN)CCC(c2ccccc2)CC1. The van der Waals surface area contributed by atoms with Crippen LogP contribution in [0.25, 0.3) is 0 Å². The van der Waals surface area contributed by atoms with Crippen LogP contribution < -0.4 is 5.73 Å². The molecule has 2 aliphatic rings. The van der Waals surface area contributed by atoms with Gasteiger partial charge in [0.25, 0.3) is 0 Å². The third-order valence-electron chi connectivity index (χ3n) is 6.23. The average Bonchev–Trinajstić information content (AvgIpc) is 3.39. The number of likely N-dealkylation sites (N-methyl/N-ethyl adjacent to an activating group) is 1. The van der Waals surface area contributed by atoms with E-state index in [0.29, 0.717) is 6.04 Å². The Morgan fingerprint density at radius 1 is 1.14 bits per heavy atom. The molecule has 1 aromatic carbocycles. The van der Waals surface area contributed by atoms with Gasteiger partial charge in [-0.2, -0.15) is 0 Å². The molecule has 116 valence electrons. The highest BCUT2D eigenvalue weighted by Gasteiger charge is 2.43. The summed E-state index contributed by atoms with van der Waals surface area (Å²) in [5.41, 5.74) is 8.00. The van der Waals surface area contributed by atoms with E-state index in [4.69, 9.17) is 5.73 Å². The summed E-state index contributed by atoms with van der Waals surface area (Å²) >= 11 is 0. The molecule has 0 saturated heterocycles. The van der Waals surface area contributed by atoms with Crippen LogP contribution in [0.5, 0.6) is 0 Å². The molecule has 0 bridgehead atoms. The van der Waals surface area contributed by atoms with Crippen molar-refractivity contribution in [2.45, 2.75) is 62.9 Å². The minimum atomic E-state index is 0.243. The monoisotopic (exact) mass is 286 g/mol. The van der Waals surface area contributed by atoms with E-state index < -0.39 is 0 Å². The number of nitrogens with two attached hydrogens (primary N) is 1. The van der Waals surface area contributed by atoms with Crippen LogP contribution in [-0.2, 0) is 0 Å². The first-order valence-electron chi connectivity index (χ1n) is 8.64. The van der Waals surface area contributed by atoms with E-state index in [9.17, 15) is 0 Å². The van der Waals surface area contributed by atoms with Gasteiger partial charge in [0.2, 0.25) is 0 Å². The molecule has 1 aromatic rings. The molecule has 2 fully saturated rings.